The molecular weight excluding hydrogens is 340 g/mol. The Morgan fingerprint density at radius 1 is 0.963 bits per heavy atom. The van der Waals surface area contributed by atoms with Gasteiger partial charge in [-0.15, -0.1) is 0 Å². The minimum absolute atomic E-state index is 0.176. The molecule has 6 nitrogen and oxygen atoms in total. The van der Waals surface area contributed by atoms with E-state index in [9.17, 15) is 4.79 Å². The van der Waals surface area contributed by atoms with Crippen LogP contribution in [0.4, 0.5) is 0 Å². The van der Waals surface area contributed by atoms with Crippen LogP contribution in [0.25, 0.3) is 22.4 Å². The van der Waals surface area contributed by atoms with Gasteiger partial charge in [0.05, 0.1) is 12.7 Å². The molecule has 1 aromatic carbocycles. The van der Waals surface area contributed by atoms with Crippen molar-refractivity contribution in [2.45, 2.75) is 20.4 Å². The zero-order chi connectivity index (χ0) is 18.8. The average molecular weight is 358 g/mol. The molecule has 3 aromatic heterocycles. The van der Waals surface area contributed by atoms with Crippen molar-refractivity contribution in [2.24, 2.45) is 0 Å². The molecule has 27 heavy (non-hydrogen) atoms. The minimum atomic E-state index is -0.176. The molecule has 4 rings (SSSR count). The van der Waals surface area contributed by atoms with E-state index in [1.54, 1.807) is 18.5 Å². The van der Waals surface area contributed by atoms with Crippen molar-refractivity contribution in [1.29, 1.82) is 0 Å². The molecule has 134 valence electrons. The predicted molar refractivity (Wildman–Crippen MR) is 102 cm³/mol. The number of aryl methyl sites for hydroxylation is 2. The highest BCUT2D eigenvalue weighted by Gasteiger charge is 2.16. The molecule has 0 atom stereocenters. The quantitative estimate of drug-likeness (QED) is 0.557. The van der Waals surface area contributed by atoms with Crippen LogP contribution in [0.1, 0.15) is 17.0 Å². The molecule has 0 bridgehead atoms. The van der Waals surface area contributed by atoms with Crippen LogP contribution in [0.3, 0.4) is 0 Å². The second-order valence-electron chi connectivity index (χ2n) is 6.36. The van der Waals surface area contributed by atoms with Gasteiger partial charge < -0.3 is 4.52 Å². The van der Waals surface area contributed by atoms with Gasteiger partial charge in [-0.3, -0.25) is 9.78 Å². The number of pyridine rings is 1. The van der Waals surface area contributed by atoms with Crippen molar-refractivity contribution >= 4 is 0 Å². The summed E-state index contributed by atoms with van der Waals surface area (Å²) in [6, 6.07) is 15.2. The van der Waals surface area contributed by atoms with Crippen LogP contribution in [0.15, 0.2) is 70.2 Å². The van der Waals surface area contributed by atoms with Crippen LogP contribution in [0.5, 0.6) is 0 Å². The Bertz CT molecular complexity index is 1130. The Kier molecular flexibility index (Phi) is 4.38. The third kappa shape index (κ3) is 3.42. The third-order valence-electron chi connectivity index (χ3n) is 4.45. The lowest BCUT2D eigenvalue weighted by atomic mass is 10.1. The second kappa shape index (κ2) is 6.99. The van der Waals surface area contributed by atoms with Crippen molar-refractivity contribution in [3.63, 3.8) is 0 Å². The van der Waals surface area contributed by atoms with Gasteiger partial charge in [0, 0.05) is 34.6 Å². The summed E-state index contributed by atoms with van der Waals surface area (Å²) in [5.74, 6) is 0.659. The number of nitrogens with zero attached hydrogens (tertiary/aromatic N) is 4. The molecule has 0 aliphatic rings. The standard InChI is InChI=1S/C21H18N4O2/c1-14-8-9-17(11-22-14)21-19(15(2)27-24-21)13-25-20(26)10-18(12-23-25)16-6-4-3-5-7-16/h3-12H,13H2,1-2H3. The first-order valence-electron chi connectivity index (χ1n) is 8.62. The Morgan fingerprint density at radius 2 is 1.78 bits per heavy atom. The maximum Gasteiger partial charge on any atom is 0.267 e. The Hall–Kier alpha value is -3.54. The fourth-order valence-corrected chi connectivity index (χ4v) is 2.90. The first kappa shape index (κ1) is 16.9. The van der Waals surface area contributed by atoms with Crippen molar-refractivity contribution < 1.29 is 4.52 Å². The summed E-state index contributed by atoms with van der Waals surface area (Å²) in [5, 5.41) is 8.49. The lowest BCUT2D eigenvalue weighted by Crippen LogP contribution is -2.23. The molecule has 0 aliphatic carbocycles. The number of aromatic nitrogens is 4. The fourth-order valence-electron chi connectivity index (χ4n) is 2.90. The van der Waals surface area contributed by atoms with Gasteiger partial charge >= 0.3 is 0 Å². The van der Waals surface area contributed by atoms with E-state index in [0.717, 1.165) is 27.9 Å². The SMILES string of the molecule is Cc1ccc(-c2noc(C)c2Cn2ncc(-c3ccccc3)cc2=O)cn1. The summed E-state index contributed by atoms with van der Waals surface area (Å²) in [4.78, 5) is 16.9. The third-order valence-corrected chi connectivity index (χ3v) is 4.45. The highest BCUT2D eigenvalue weighted by molar-refractivity contribution is 5.63. The van der Waals surface area contributed by atoms with Crippen LogP contribution < -0.4 is 5.56 Å². The van der Waals surface area contributed by atoms with E-state index in [1.807, 2.05) is 56.3 Å². The molecular formula is C21H18N4O2. The maximum absolute atomic E-state index is 12.6. The predicted octanol–water partition coefficient (Wildman–Crippen LogP) is 3.63. The maximum atomic E-state index is 12.6. The molecule has 0 N–H and O–H groups in total. The van der Waals surface area contributed by atoms with Crippen LogP contribution in [0.2, 0.25) is 0 Å². The summed E-state index contributed by atoms with van der Waals surface area (Å²) in [6.45, 7) is 4.04. The van der Waals surface area contributed by atoms with Gasteiger partial charge in [0.25, 0.3) is 5.56 Å². The van der Waals surface area contributed by atoms with E-state index in [0.29, 0.717) is 11.5 Å². The molecule has 3 heterocycles. The van der Waals surface area contributed by atoms with Crippen molar-refractivity contribution in [3.05, 3.63) is 88.3 Å². The first-order valence-corrected chi connectivity index (χ1v) is 8.62. The topological polar surface area (TPSA) is 73.8 Å². The smallest absolute Gasteiger partial charge is 0.267 e. The monoisotopic (exact) mass is 358 g/mol. The molecule has 6 heteroatoms. The molecule has 0 fully saturated rings. The van der Waals surface area contributed by atoms with Crippen LogP contribution in [0, 0.1) is 13.8 Å². The number of rotatable bonds is 4. The number of hydrogen-bond acceptors (Lipinski definition) is 5. The van der Waals surface area contributed by atoms with Gasteiger partial charge in [0.2, 0.25) is 0 Å². The van der Waals surface area contributed by atoms with Crippen molar-refractivity contribution in [3.8, 4) is 22.4 Å². The summed E-state index contributed by atoms with van der Waals surface area (Å²) >= 11 is 0. The fraction of sp³-hybridized carbons (Fsp3) is 0.143. The summed E-state index contributed by atoms with van der Waals surface area (Å²) in [5.41, 5.74) is 4.86. The molecule has 0 saturated heterocycles. The van der Waals surface area contributed by atoms with E-state index in [4.69, 9.17) is 4.52 Å². The van der Waals surface area contributed by atoms with E-state index in [1.165, 1.54) is 4.68 Å². The number of benzene rings is 1. The normalized spacial score (nSPS) is 10.9. The molecule has 0 amide bonds. The molecule has 0 aliphatic heterocycles. The molecule has 0 radical (unpaired) electrons. The number of hydrogen-bond donors (Lipinski definition) is 0. The van der Waals surface area contributed by atoms with Crippen LogP contribution in [-0.4, -0.2) is 19.9 Å². The zero-order valence-electron chi connectivity index (χ0n) is 15.1. The van der Waals surface area contributed by atoms with Gasteiger partial charge in [0.15, 0.2) is 0 Å². The highest BCUT2D eigenvalue weighted by atomic mass is 16.5. The Labute approximate surface area is 156 Å². The summed E-state index contributed by atoms with van der Waals surface area (Å²) in [6.07, 6.45) is 3.46. The second-order valence-corrected chi connectivity index (χ2v) is 6.36. The van der Waals surface area contributed by atoms with Crippen molar-refractivity contribution in [2.75, 3.05) is 0 Å². The minimum Gasteiger partial charge on any atom is -0.361 e. The van der Waals surface area contributed by atoms with E-state index in [2.05, 4.69) is 15.2 Å². The molecule has 0 unspecified atom stereocenters. The van der Waals surface area contributed by atoms with Crippen LogP contribution >= 0.6 is 0 Å². The molecule has 0 spiro atoms. The Morgan fingerprint density at radius 3 is 2.48 bits per heavy atom. The van der Waals surface area contributed by atoms with E-state index in [-0.39, 0.29) is 12.1 Å². The zero-order valence-corrected chi connectivity index (χ0v) is 15.1. The average Bonchev–Trinajstić information content (AvgIpc) is 3.05. The van der Waals surface area contributed by atoms with Gasteiger partial charge in [-0.1, -0.05) is 35.5 Å². The largest absolute Gasteiger partial charge is 0.361 e. The summed E-state index contributed by atoms with van der Waals surface area (Å²) < 4.78 is 6.78. The summed E-state index contributed by atoms with van der Waals surface area (Å²) in [7, 11) is 0. The van der Waals surface area contributed by atoms with Crippen LogP contribution in [-0.2, 0) is 6.54 Å². The van der Waals surface area contributed by atoms with Crippen molar-refractivity contribution in [1.82, 2.24) is 19.9 Å². The molecule has 4 aromatic rings. The van der Waals surface area contributed by atoms with Gasteiger partial charge in [-0.25, -0.2) is 4.68 Å². The van der Waals surface area contributed by atoms with E-state index < -0.39 is 0 Å². The molecule has 0 saturated carbocycles. The van der Waals surface area contributed by atoms with Gasteiger partial charge in [0.1, 0.15) is 11.5 Å². The van der Waals surface area contributed by atoms with Gasteiger partial charge in [-0.05, 0) is 31.5 Å². The highest BCUT2D eigenvalue weighted by Crippen LogP contribution is 2.25. The first-order chi connectivity index (χ1) is 13.1. The van der Waals surface area contributed by atoms with Gasteiger partial charge in [-0.2, -0.15) is 5.10 Å². The lowest BCUT2D eigenvalue weighted by Gasteiger charge is -2.07. The lowest BCUT2D eigenvalue weighted by molar-refractivity contribution is 0.397. The van der Waals surface area contributed by atoms with E-state index >= 15 is 0 Å². The Balaban J connectivity index is 1.68.